The van der Waals surface area contributed by atoms with Gasteiger partial charge in [0.1, 0.15) is 0 Å². The average molecular weight is 254 g/mol. The van der Waals surface area contributed by atoms with Gasteiger partial charge in [-0.15, -0.1) is 6.58 Å². The molecule has 0 radical (unpaired) electrons. The molecular weight excluding hydrogens is 232 g/mol. The summed E-state index contributed by atoms with van der Waals surface area (Å²) in [6.45, 7) is 7.23. The van der Waals surface area contributed by atoms with Gasteiger partial charge in [0, 0.05) is 19.6 Å². The molecule has 5 heteroatoms. The second kappa shape index (κ2) is 7.16. The first-order chi connectivity index (χ1) is 8.56. The molecular formula is C13H22N2O3. The van der Waals surface area contributed by atoms with E-state index >= 15 is 0 Å². The van der Waals surface area contributed by atoms with Gasteiger partial charge in [0.2, 0.25) is 5.91 Å². The normalized spacial score (nSPS) is 17.6. The van der Waals surface area contributed by atoms with Gasteiger partial charge < -0.3 is 10.0 Å². The van der Waals surface area contributed by atoms with Crippen molar-refractivity contribution >= 4 is 11.9 Å². The van der Waals surface area contributed by atoms with Gasteiger partial charge in [-0.2, -0.15) is 0 Å². The van der Waals surface area contributed by atoms with Gasteiger partial charge in [-0.1, -0.05) is 6.08 Å². The first kappa shape index (κ1) is 14.7. The summed E-state index contributed by atoms with van der Waals surface area (Å²) in [4.78, 5) is 26.5. The highest BCUT2D eigenvalue weighted by Gasteiger charge is 2.27. The van der Waals surface area contributed by atoms with E-state index in [9.17, 15) is 9.59 Å². The number of piperidine rings is 1. The summed E-state index contributed by atoms with van der Waals surface area (Å²) in [5.41, 5.74) is 0. The molecule has 1 atom stereocenters. The Balaban J connectivity index is 2.61. The number of carboxylic acids is 1. The third-order valence-electron chi connectivity index (χ3n) is 3.27. The largest absolute Gasteiger partial charge is 0.480 e. The van der Waals surface area contributed by atoms with Crippen LogP contribution in [0.15, 0.2) is 12.7 Å². The van der Waals surface area contributed by atoms with Crippen LogP contribution in [0.4, 0.5) is 0 Å². The number of hydrogen-bond donors (Lipinski definition) is 1. The predicted octanol–water partition coefficient (Wildman–Crippen LogP) is 0.960. The topological polar surface area (TPSA) is 60.9 Å². The molecule has 1 aliphatic rings. The molecule has 0 aromatic carbocycles. The zero-order valence-electron chi connectivity index (χ0n) is 11.0. The van der Waals surface area contributed by atoms with Gasteiger partial charge in [-0.3, -0.25) is 14.5 Å². The minimum Gasteiger partial charge on any atom is -0.480 e. The van der Waals surface area contributed by atoms with E-state index in [0.29, 0.717) is 6.54 Å². The SMILES string of the molecule is C=CCN(CC(=O)O)C(C)C(=O)N1CCCCC1. The van der Waals surface area contributed by atoms with Crippen molar-refractivity contribution in [1.29, 1.82) is 0 Å². The van der Waals surface area contributed by atoms with E-state index < -0.39 is 12.0 Å². The van der Waals surface area contributed by atoms with E-state index in [-0.39, 0.29) is 12.5 Å². The summed E-state index contributed by atoms with van der Waals surface area (Å²) in [6, 6.07) is -0.405. The highest BCUT2D eigenvalue weighted by atomic mass is 16.4. The third-order valence-corrected chi connectivity index (χ3v) is 3.27. The molecule has 0 aromatic rings. The monoisotopic (exact) mass is 254 g/mol. The number of likely N-dealkylation sites (tertiary alicyclic amines) is 1. The van der Waals surface area contributed by atoms with E-state index in [0.717, 1.165) is 25.9 Å². The summed E-state index contributed by atoms with van der Waals surface area (Å²) in [7, 11) is 0. The molecule has 0 aromatic heterocycles. The number of carbonyl (C=O) groups excluding carboxylic acids is 1. The molecule has 1 saturated heterocycles. The Labute approximate surface area is 108 Å². The van der Waals surface area contributed by atoms with Crippen molar-refractivity contribution in [2.45, 2.75) is 32.2 Å². The Hall–Kier alpha value is -1.36. The molecule has 102 valence electrons. The van der Waals surface area contributed by atoms with E-state index in [4.69, 9.17) is 5.11 Å². The molecule has 0 aliphatic carbocycles. The summed E-state index contributed by atoms with van der Waals surface area (Å²) in [5.74, 6) is -0.895. The number of amides is 1. The molecule has 1 unspecified atom stereocenters. The summed E-state index contributed by atoms with van der Waals surface area (Å²) >= 11 is 0. The fourth-order valence-corrected chi connectivity index (χ4v) is 2.23. The average Bonchev–Trinajstić information content (AvgIpc) is 2.37. The van der Waals surface area contributed by atoms with Crippen LogP contribution in [0.5, 0.6) is 0 Å². The standard InChI is InChI=1S/C13H22N2O3/c1-3-7-15(10-12(16)17)11(2)13(18)14-8-5-4-6-9-14/h3,11H,1,4-10H2,2H3,(H,16,17). The molecule has 0 saturated carbocycles. The van der Waals surface area contributed by atoms with Crippen LogP contribution in [0.3, 0.4) is 0 Å². The molecule has 1 amide bonds. The second-order valence-corrected chi connectivity index (χ2v) is 4.67. The van der Waals surface area contributed by atoms with Crippen LogP contribution < -0.4 is 0 Å². The molecule has 1 heterocycles. The van der Waals surface area contributed by atoms with Crippen LogP contribution in [-0.2, 0) is 9.59 Å². The number of nitrogens with zero attached hydrogens (tertiary/aromatic N) is 2. The number of aliphatic carboxylic acids is 1. The Bertz CT molecular complexity index is 311. The van der Waals surface area contributed by atoms with Gasteiger partial charge in [-0.05, 0) is 26.2 Å². The van der Waals surface area contributed by atoms with Crippen LogP contribution >= 0.6 is 0 Å². The summed E-state index contributed by atoms with van der Waals surface area (Å²) in [5, 5.41) is 8.85. The van der Waals surface area contributed by atoms with Gasteiger partial charge in [0.25, 0.3) is 0 Å². The van der Waals surface area contributed by atoms with Crippen molar-refractivity contribution in [3.63, 3.8) is 0 Å². The Morgan fingerprint density at radius 2 is 2.00 bits per heavy atom. The quantitative estimate of drug-likeness (QED) is 0.717. The molecule has 18 heavy (non-hydrogen) atoms. The van der Waals surface area contributed by atoms with Gasteiger partial charge in [-0.25, -0.2) is 0 Å². The summed E-state index contributed by atoms with van der Waals surface area (Å²) in [6.07, 6.45) is 4.88. The zero-order valence-corrected chi connectivity index (χ0v) is 11.0. The number of carboxylic acid groups (broad SMARTS) is 1. The van der Waals surface area contributed by atoms with E-state index in [2.05, 4.69) is 6.58 Å². The molecule has 1 rings (SSSR count). The lowest BCUT2D eigenvalue weighted by atomic mass is 10.1. The Kier molecular flexibility index (Phi) is 5.85. The number of carbonyl (C=O) groups is 2. The first-order valence-electron chi connectivity index (χ1n) is 6.41. The van der Waals surface area contributed by atoms with Crippen LogP contribution in [0.25, 0.3) is 0 Å². The molecule has 1 N–H and O–H groups in total. The zero-order chi connectivity index (χ0) is 13.5. The maximum atomic E-state index is 12.3. The van der Waals surface area contributed by atoms with Crippen molar-refractivity contribution in [1.82, 2.24) is 9.80 Å². The summed E-state index contributed by atoms with van der Waals surface area (Å²) < 4.78 is 0. The third kappa shape index (κ3) is 4.14. The highest BCUT2D eigenvalue weighted by Crippen LogP contribution is 2.12. The minimum atomic E-state index is -0.921. The lowest BCUT2D eigenvalue weighted by molar-refractivity contribution is -0.142. The van der Waals surface area contributed by atoms with Crippen molar-refractivity contribution in [3.05, 3.63) is 12.7 Å². The van der Waals surface area contributed by atoms with Crippen LogP contribution in [0, 0.1) is 0 Å². The lowest BCUT2D eigenvalue weighted by Crippen LogP contribution is -2.50. The molecule has 5 nitrogen and oxygen atoms in total. The number of hydrogen-bond acceptors (Lipinski definition) is 3. The van der Waals surface area contributed by atoms with Crippen molar-refractivity contribution in [2.24, 2.45) is 0 Å². The first-order valence-corrected chi connectivity index (χ1v) is 6.41. The smallest absolute Gasteiger partial charge is 0.317 e. The second-order valence-electron chi connectivity index (χ2n) is 4.67. The van der Waals surface area contributed by atoms with Gasteiger partial charge in [0.05, 0.1) is 12.6 Å². The maximum absolute atomic E-state index is 12.3. The maximum Gasteiger partial charge on any atom is 0.317 e. The molecule has 0 bridgehead atoms. The molecule has 1 fully saturated rings. The van der Waals surface area contributed by atoms with Crippen molar-refractivity contribution in [3.8, 4) is 0 Å². The molecule has 0 spiro atoms. The van der Waals surface area contributed by atoms with Crippen LogP contribution in [0.2, 0.25) is 0 Å². The van der Waals surface area contributed by atoms with Gasteiger partial charge >= 0.3 is 5.97 Å². The Morgan fingerprint density at radius 1 is 1.39 bits per heavy atom. The fraction of sp³-hybridized carbons (Fsp3) is 0.692. The van der Waals surface area contributed by atoms with Crippen molar-refractivity contribution < 1.29 is 14.7 Å². The van der Waals surface area contributed by atoms with E-state index in [1.807, 2.05) is 4.90 Å². The minimum absolute atomic E-state index is 0.0257. The fourth-order valence-electron chi connectivity index (χ4n) is 2.23. The van der Waals surface area contributed by atoms with Crippen LogP contribution in [0.1, 0.15) is 26.2 Å². The molecule has 1 aliphatic heterocycles. The van der Waals surface area contributed by atoms with E-state index in [1.54, 1.807) is 17.9 Å². The van der Waals surface area contributed by atoms with Crippen LogP contribution in [-0.4, -0.2) is 59.0 Å². The predicted molar refractivity (Wildman–Crippen MR) is 69.3 cm³/mol. The van der Waals surface area contributed by atoms with Crippen molar-refractivity contribution in [2.75, 3.05) is 26.2 Å². The number of rotatable bonds is 6. The lowest BCUT2D eigenvalue weighted by Gasteiger charge is -2.33. The van der Waals surface area contributed by atoms with E-state index in [1.165, 1.54) is 6.42 Å². The van der Waals surface area contributed by atoms with Gasteiger partial charge in [0.15, 0.2) is 0 Å². The Morgan fingerprint density at radius 3 is 2.50 bits per heavy atom. The highest BCUT2D eigenvalue weighted by molar-refractivity contribution is 5.82.